The first kappa shape index (κ1) is 19.8. The number of aromatic nitrogens is 3. The van der Waals surface area contributed by atoms with Crippen molar-refractivity contribution in [2.45, 2.75) is 46.2 Å². The van der Waals surface area contributed by atoms with Crippen LogP contribution in [0, 0.1) is 0 Å². The summed E-state index contributed by atoms with van der Waals surface area (Å²) < 4.78 is 7.76. The van der Waals surface area contributed by atoms with Gasteiger partial charge < -0.3 is 19.9 Å². The zero-order chi connectivity index (χ0) is 18.6. The molecule has 0 radical (unpaired) electrons. The van der Waals surface area contributed by atoms with Crippen LogP contribution in [-0.4, -0.2) is 46.5 Å². The van der Waals surface area contributed by atoms with Gasteiger partial charge in [-0.1, -0.05) is 32.0 Å². The summed E-state index contributed by atoms with van der Waals surface area (Å²) >= 11 is 0. The monoisotopic (exact) mass is 358 g/mol. The van der Waals surface area contributed by atoms with Gasteiger partial charge >= 0.3 is 0 Å². The third kappa shape index (κ3) is 6.74. The first-order chi connectivity index (χ1) is 12.7. The van der Waals surface area contributed by atoms with Crippen molar-refractivity contribution in [2.24, 2.45) is 4.99 Å². The van der Waals surface area contributed by atoms with E-state index < -0.39 is 0 Å². The predicted molar refractivity (Wildman–Crippen MR) is 105 cm³/mol. The van der Waals surface area contributed by atoms with Crippen LogP contribution in [0.25, 0.3) is 0 Å². The lowest BCUT2D eigenvalue weighted by Gasteiger charge is -2.17. The van der Waals surface area contributed by atoms with Crippen LogP contribution in [0.5, 0.6) is 5.75 Å². The minimum Gasteiger partial charge on any atom is -0.492 e. The second-order valence-electron chi connectivity index (χ2n) is 6.07. The SMILES string of the molecule is CCc1nncn1CCN=C(NCCOc1ccccc1)NC(C)CC. The van der Waals surface area contributed by atoms with E-state index in [1.807, 2.05) is 34.9 Å². The molecule has 1 aromatic carbocycles. The molecule has 142 valence electrons. The van der Waals surface area contributed by atoms with Gasteiger partial charge in [-0.15, -0.1) is 10.2 Å². The minimum atomic E-state index is 0.359. The lowest BCUT2D eigenvalue weighted by Crippen LogP contribution is -2.43. The number of para-hydroxylation sites is 1. The summed E-state index contributed by atoms with van der Waals surface area (Å²) in [5, 5.41) is 14.8. The molecule has 2 aromatic rings. The Morgan fingerprint density at radius 3 is 2.81 bits per heavy atom. The van der Waals surface area contributed by atoms with Crippen LogP contribution in [-0.2, 0) is 13.0 Å². The van der Waals surface area contributed by atoms with E-state index in [1.54, 1.807) is 6.33 Å². The highest BCUT2D eigenvalue weighted by molar-refractivity contribution is 5.80. The Labute approximate surface area is 155 Å². The number of hydrogen-bond donors (Lipinski definition) is 2. The molecule has 0 aliphatic heterocycles. The number of aryl methyl sites for hydroxylation is 1. The highest BCUT2D eigenvalue weighted by atomic mass is 16.5. The molecule has 2 rings (SSSR count). The number of ether oxygens (including phenoxy) is 1. The molecule has 0 spiro atoms. The Morgan fingerprint density at radius 1 is 1.27 bits per heavy atom. The molecule has 1 heterocycles. The average Bonchev–Trinajstić information content (AvgIpc) is 3.13. The fourth-order valence-electron chi connectivity index (χ4n) is 2.35. The molecule has 7 nitrogen and oxygen atoms in total. The highest BCUT2D eigenvalue weighted by Crippen LogP contribution is 2.07. The summed E-state index contributed by atoms with van der Waals surface area (Å²) in [5.41, 5.74) is 0. The first-order valence-electron chi connectivity index (χ1n) is 9.32. The highest BCUT2D eigenvalue weighted by Gasteiger charge is 2.05. The van der Waals surface area contributed by atoms with E-state index in [1.165, 1.54) is 0 Å². The summed E-state index contributed by atoms with van der Waals surface area (Å²) in [6, 6.07) is 10.2. The van der Waals surface area contributed by atoms with Crippen molar-refractivity contribution >= 4 is 5.96 Å². The molecule has 0 aliphatic rings. The smallest absolute Gasteiger partial charge is 0.191 e. The third-order valence-corrected chi connectivity index (χ3v) is 4.02. The molecule has 0 saturated carbocycles. The van der Waals surface area contributed by atoms with Crippen molar-refractivity contribution in [3.63, 3.8) is 0 Å². The molecule has 0 amide bonds. The van der Waals surface area contributed by atoms with Crippen LogP contribution in [0.15, 0.2) is 41.7 Å². The fourth-order valence-corrected chi connectivity index (χ4v) is 2.35. The summed E-state index contributed by atoms with van der Waals surface area (Å²) in [6.45, 7) is 9.07. The summed E-state index contributed by atoms with van der Waals surface area (Å²) in [7, 11) is 0. The lowest BCUT2D eigenvalue weighted by atomic mass is 10.3. The Balaban J connectivity index is 1.81. The van der Waals surface area contributed by atoms with Gasteiger partial charge in [-0.3, -0.25) is 4.99 Å². The fraction of sp³-hybridized carbons (Fsp3) is 0.526. The molecule has 7 heteroatoms. The molecule has 26 heavy (non-hydrogen) atoms. The van der Waals surface area contributed by atoms with E-state index in [-0.39, 0.29) is 0 Å². The third-order valence-electron chi connectivity index (χ3n) is 4.02. The van der Waals surface area contributed by atoms with Crippen LogP contribution >= 0.6 is 0 Å². The van der Waals surface area contributed by atoms with Crippen molar-refractivity contribution in [1.29, 1.82) is 0 Å². The van der Waals surface area contributed by atoms with Gasteiger partial charge in [-0.2, -0.15) is 0 Å². The van der Waals surface area contributed by atoms with E-state index in [4.69, 9.17) is 4.74 Å². The molecule has 0 saturated heterocycles. The number of guanidine groups is 1. The number of nitrogens with zero attached hydrogens (tertiary/aromatic N) is 4. The number of hydrogen-bond acceptors (Lipinski definition) is 4. The summed E-state index contributed by atoms with van der Waals surface area (Å²) in [6.07, 6.45) is 3.67. The van der Waals surface area contributed by atoms with Crippen molar-refractivity contribution in [3.05, 3.63) is 42.5 Å². The molecule has 2 N–H and O–H groups in total. The van der Waals surface area contributed by atoms with E-state index in [2.05, 4.69) is 46.6 Å². The molecule has 1 aromatic heterocycles. The zero-order valence-corrected chi connectivity index (χ0v) is 16.0. The number of rotatable bonds is 10. The van der Waals surface area contributed by atoms with Gasteiger partial charge in [-0.25, -0.2) is 0 Å². The standard InChI is InChI=1S/C19H30N6O/c1-4-16(3)23-19(20-11-13-25-15-22-24-18(25)5-2)21-12-14-26-17-9-7-6-8-10-17/h6-10,15-16H,4-5,11-14H2,1-3H3,(H2,20,21,23). The van der Waals surface area contributed by atoms with Crippen molar-refractivity contribution in [1.82, 2.24) is 25.4 Å². The molecule has 0 bridgehead atoms. The summed E-state index contributed by atoms with van der Waals surface area (Å²) in [5.74, 6) is 2.67. The maximum atomic E-state index is 5.72. The van der Waals surface area contributed by atoms with Crippen molar-refractivity contribution in [2.75, 3.05) is 19.7 Å². The Kier molecular flexibility index (Phi) is 8.45. The van der Waals surface area contributed by atoms with Crippen LogP contribution in [0.2, 0.25) is 0 Å². The molecule has 1 unspecified atom stereocenters. The topological polar surface area (TPSA) is 76.4 Å². The zero-order valence-electron chi connectivity index (χ0n) is 16.0. The van der Waals surface area contributed by atoms with Crippen LogP contribution in [0.1, 0.15) is 33.0 Å². The quantitative estimate of drug-likeness (QED) is 0.387. The molecular weight excluding hydrogens is 328 g/mol. The average molecular weight is 358 g/mol. The van der Waals surface area contributed by atoms with E-state index in [0.29, 0.717) is 25.7 Å². The molecule has 0 aliphatic carbocycles. The second kappa shape index (κ2) is 11.1. The van der Waals surface area contributed by atoms with Crippen molar-refractivity contribution in [3.8, 4) is 5.75 Å². The van der Waals surface area contributed by atoms with Crippen LogP contribution < -0.4 is 15.4 Å². The Bertz CT molecular complexity index is 655. The van der Waals surface area contributed by atoms with Gasteiger partial charge in [-0.05, 0) is 25.5 Å². The predicted octanol–water partition coefficient (Wildman–Crippen LogP) is 2.25. The molecule has 1 atom stereocenters. The van der Waals surface area contributed by atoms with Gasteiger partial charge in [0.2, 0.25) is 0 Å². The molecule has 0 fully saturated rings. The van der Waals surface area contributed by atoms with Gasteiger partial charge in [0.15, 0.2) is 5.96 Å². The van der Waals surface area contributed by atoms with Crippen LogP contribution in [0.3, 0.4) is 0 Å². The second-order valence-corrected chi connectivity index (χ2v) is 6.07. The van der Waals surface area contributed by atoms with Gasteiger partial charge in [0, 0.05) is 19.0 Å². The molecular formula is C19H30N6O. The van der Waals surface area contributed by atoms with Gasteiger partial charge in [0.25, 0.3) is 0 Å². The normalized spacial score (nSPS) is 12.7. The number of nitrogens with one attached hydrogen (secondary N) is 2. The number of benzene rings is 1. The Morgan fingerprint density at radius 2 is 2.08 bits per heavy atom. The van der Waals surface area contributed by atoms with Gasteiger partial charge in [0.05, 0.1) is 13.1 Å². The van der Waals surface area contributed by atoms with E-state index in [9.17, 15) is 0 Å². The van der Waals surface area contributed by atoms with E-state index >= 15 is 0 Å². The largest absolute Gasteiger partial charge is 0.492 e. The lowest BCUT2D eigenvalue weighted by molar-refractivity contribution is 0.321. The first-order valence-corrected chi connectivity index (χ1v) is 9.32. The Hall–Kier alpha value is -2.57. The minimum absolute atomic E-state index is 0.359. The van der Waals surface area contributed by atoms with Crippen LogP contribution in [0.4, 0.5) is 0 Å². The summed E-state index contributed by atoms with van der Waals surface area (Å²) in [4.78, 5) is 4.67. The number of aliphatic imine (C=N–C) groups is 1. The van der Waals surface area contributed by atoms with Gasteiger partial charge in [0.1, 0.15) is 24.5 Å². The van der Waals surface area contributed by atoms with E-state index in [0.717, 1.165) is 36.9 Å². The maximum Gasteiger partial charge on any atom is 0.191 e. The maximum absolute atomic E-state index is 5.72. The van der Waals surface area contributed by atoms with Crippen molar-refractivity contribution < 1.29 is 4.74 Å².